The van der Waals surface area contributed by atoms with E-state index >= 15 is 0 Å². The molecule has 21 heavy (non-hydrogen) atoms. The van der Waals surface area contributed by atoms with E-state index in [0.717, 1.165) is 0 Å². The maximum atomic E-state index is 14.0. The fraction of sp³-hybridized carbons (Fsp3) is 0.0714. The van der Waals surface area contributed by atoms with Crippen LogP contribution in [0.25, 0.3) is 5.65 Å². The van der Waals surface area contributed by atoms with Gasteiger partial charge in [0.2, 0.25) is 0 Å². The first kappa shape index (κ1) is 13.4. The monoisotopic (exact) mass is 302 g/mol. The molecule has 3 rings (SSSR count). The Morgan fingerprint density at radius 1 is 1.33 bits per heavy atom. The van der Waals surface area contributed by atoms with Crippen molar-refractivity contribution in [2.75, 3.05) is 0 Å². The number of hydrogen-bond donors (Lipinski definition) is 1. The molecule has 0 saturated heterocycles. The molecule has 0 radical (unpaired) electrons. The van der Waals surface area contributed by atoms with E-state index in [9.17, 15) is 9.18 Å². The second-order valence-electron chi connectivity index (χ2n) is 4.54. The summed E-state index contributed by atoms with van der Waals surface area (Å²) in [5.74, 6) is -0.468. The summed E-state index contributed by atoms with van der Waals surface area (Å²) >= 11 is 4.80. The van der Waals surface area contributed by atoms with Crippen molar-refractivity contribution < 1.29 is 4.39 Å². The van der Waals surface area contributed by atoms with Crippen molar-refractivity contribution in [1.29, 1.82) is 0 Å². The smallest absolute Gasteiger partial charge is 0.350 e. The van der Waals surface area contributed by atoms with Crippen LogP contribution in [0.3, 0.4) is 0 Å². The molecule has 0 amide bonds. The van der Waals surface area contributed by atoms with Gasteiger partial charge in [0.1, 0.15) is 10.8 Å². The number of benzene rings is 1. The van der Waals surface area contributed by atoms with Gasteiger partial charge in [0.05, 0.1) is 6.54 Å². The van der Waals surface area contributed by atoms with Crippen molar-refractivity contribution in [1.82, 2.24) is 14.2 Å². The molecule has 0 aliphatic rings. The third kappa shape index (κ3) is 2.43. The quantitative estimate of drug-likeness (QED) is 0.741. The van der Waals surface area contributed by atoms with Crippen molar-refractivity contribution in [3.8, 4) is 0 Å². The first-order valence-corrected chi connectivity index (χ1v) is 6.59. The molecule has 2 N–H and O–H groups in total. The average molecular weight is 302 g/mol. The largest absolute Gasteiger partial charge is 0.389 e. The summed E-state index contributed by atoms with van der Waals surface area (Å²) < 4.78 is 16.6. The lowest BCUT2D eigenvalue weighted by molar-refractivity contribution is 0.578. The highest BCUT2D eigenvalue weighted by atomic mass is 32.1. The molecule has 3 aromatic rings. The molecular formula is C14H11FN4OS. The Hall–Kier alpha value is -2.54. The van der Waals surface area contributed by atoms with Gasteiger partial charge < -0.3 is 5.73 Å². The second-order valence-corrected chi connectivity index (χ2v) is 4.98. The summed E-state index contributed by atoms with van der Waals surface area (Å²) in [4.78, 5) is 12.2. The van der Waals surface area contributed by atoms with E-state index in [4.69, 9.17) is 18.0 Å². The van der Waals surface area contributed by atoms with E-state index in [1.807, 2.05) is 0 Å². The molecule has 0 unspecified atom stereocenters. The Morgan fingerprint density at radius 3 is 2.81 bits per heavy atom. The molecule has 0 aliphatic carbocycles. The van der Waals surface area contributed by atoms with Gasteiger partial charge in [-0.1, -0.05) is 30.4 Å². The number of hydrogen-bond acceptors (Lipinski definition) is 3. The molecule has 0 fully saturated rings. The fourth-order valence-electron chi connectivity index (χ4n) is 2.06. The molecule has 7 heteroatoms. The zero-order chi connectivity index (χ0) is 15.0. The standard InChI is InChI=1S/C14H11FN4OS/c15-11-7-9(13(16)21)4-5-10(11)8-19-14(20)18-6-2-1-3-12(18)17-19/h1-7H,8H2,(H2,16,21). The Labute approximate surface area is 124 Å². The molecule has 0 bridgehead atoms. The first-order chi connectivity index (χ1) is 10.1. The van der Waals surface area contributed by atoms with E-state index in [-0.39, 0.29) is 17.2 Å². The maximum Gasteiger partial charge on any atom is 0.350 e. The Bertz CT molecular complexity index is 899. The van der Waals surface area contributed by atoms with Gasteiger partial charge >= 0.3 is 5.69 Å². The van der Waals surface area contributed by atoms with E-state index in [2.05, 4.69) is 5.10 Å². The van der Waals surface area contributed by atoms with Crippen LogP contribution in [0.2, 0.25) is 0 Å². The van der Waals surface area contributed by atoms with Crippen LogP contribution in [0.15, 0.2) is 47.4 Å². The van der Waals surface area contributed by atoms with Gasteiger partial charge in [-0.25, -0.2) is 13.9 Å². The molecule has 5 nitrogen and oxygen atoms in total. The molecule has 2 aromatic heterocycles. The molecular weight excluding hydrogens is 291 g/mol. The average Bonchev–Trinajstić information content (AvgIpc) is 2.78. The fourth-order valence-corrected chi connectivity index (χ4v) is 2.19. The molecule has 0 spiro atoms. The highest BCUT2D eigenvalue weighted by Gasteiger charge is 2.10. The number of pyridine rings is 1. The normalized spacial score (nSPS) is 10.9. The van der Waals surface area contributed by atoms with Crippen molar-refractivity contribution in [2.45, 2.75) is 6.54 Å². The van der Waals surface area contributed by atoms with Crippen LogP contribution in [0.4, 0.5) is 4.39 Å². The minimum Gasteiger partial charge on any atom is -0.389 e. The Kier molecular flexibility index (Phi) is 3.26. The number of thiocarbonyl (C=S) groups is 1. The predicted molar refractivity (Wildman–Crippen MR) is 80.8 cm³/mol. The number of fused-ring (bicyclic) bond motifs is 1. The number of aromatic nitrogens is 3. The highest BCUT2D eigenvalue weighted by molar-refractivity contribution is 7.80. The predicted octanol–water partition coefficient (Wildman–Crippen LogP) is 1.32. The van der Waals surface area contributed by atoms with Crippen molar-refractivity contribution in [3.05, 3.63) is 70.0 Å². The van der Waals surface area contributed by atoms with Gasteiger partial charge in [-0.2, -0.15) is 0 Å². The number of rotatable bonds is 3. The van der Waals surface area contributed by atoms with Crippen LogP contribution in [0.5, 0.6) is 0 Å². The van der Waals surface area contributed by atoms with E-state index < -0.39 is 5.82 Å². The minimum absolute atomic E-state index is 0.0456. The van der Waals surface area contributed by atoms with Gasteiger partial charge in [-0.15, -0.1) is 5.10 Å². The van der Waals surface area contributed by atoms with Crippen LogP contribution in [-0.2, 0) is 6.54 Å². The van der Waals surface area contributed by atoms with Crippen LogP contribution in [0.1, 0.15) is 11.1 Å². The SMILES string of the molecule is NC(=S)c1ccc(Cn2nc3ccccn3c2=O)c(F)c1. The third-order valence-corrected chi connectivity index (χ3v) is 3.38. The number of nitrogens with zero attached hydrogens (tertiary/aromatic N) is 3. The van der Waals surface area contributed by atoms with Crippen molar-refractivity contribution in [2.24, 2.45) is 5.73 Å². The first-order valence-electron chi connectivity index (χ1n) is 6.19. The van der Waals surface area contributed by atoms with E-state index in [1.54, 1.807) is 36.5 Å². The number of nitrogens with two attached hydrogens (primary N) is 1. The molecule has 106 valence electrons. The number of halogens is 1. The van der Waals surface area contributed by atoms with Crippen molar-refractivity contribution >= 4 is 22.9 Å². The summed E-state index contributed by atoms with van der Waals surface area (Å²) in [6, 6.07) is 9.67. The summed E-state index contributed by atoms with van der Waals surface area (Å²) in [5, 5.41) is 4.16. The lowest BCUT2D eigenvalue weighted by Gasteiger charge is -2.04. The summed E-state index contributed by atoms with van der Waals surface area (Å²) in [6.45, 7) is 0.0456. The molecule has 0 aliphatic heterocycles. The van der Waals surface area contributed by atoms with Crippen LogP contribution in [0, 0.1) is 5.82 Å². The molecule has 0 saturated carbocycles. The van der Waals surface area contributed by atoms with Gasteiger partial charge in [-0.3, -0.25) is 4.40 Å². The summed E-state index contributed by atoms with van der Waals surface area (Å²) in [6.07, 6.45) is 1.62. The Morgan fingerprint density at radius 2 is 2.14 bits per heavy atom. The summed E-state index contributed by atoms with van der Waals surface area (Å²) in [5.41, 5.74) is 6.45. The highest BCUT2D eigenvalue weighted by Crippen LogP contribution is 2.11. The molecule has 1 aromatic carbocycles. The molecule has 0 atom stereocenters. The third-order valence-electron chi connectivity index (χ3n) is 3.15. The topological polar surface area (TPSA) is 65.3 Å². The lowest BCUT2D eigenvalue weighted by atomic mass is 10.1. The zero-order valence-electron chi connectivity index (χ0n) is 10.9. The molecule has 2 heterocycles. The van der Waals surface area contributed by atoms with Gasteiger partial charge in [0.25, 0.3) is 0 Å². The van der Waals surface area contributed by atoms with Crippen LogP contribution in [-0.4, -0.2) is 19.2 Å². The van der Waals surface area contributed by atoms with Crippen molar-refractivity contribution in [3.63, 3.8) is 0 Å². The lowest BCUT2D eigenvalue weighted by Crippen LogP contribution is -2.22. The van der Waals surface area contributed by atoms with Gasteiger partial charge in [0, 0.05) is 17.3 Å². The zero-order valence-corrected chi connectivity index (χ0v) is 11.7. The van der Waals surface area contributed by atoms with Crippen LogP contribution >= 0.6 is 12.2 Å². The second kappa shape index (κ2) is 5.10. The maximum absolute atomic E-state index is 14.0. The Balaban J connectivity index is 2.01. The van der Waals surface area contributed by atoms with Gasteiger partial charge in [-0.05, 0) is 18.2 Å². The summed E-state index contributed by atoms with van der Waals surface area (Å²) in [7, 11) is 0. The van der Waals surface area contributed by atoms with E-state index in [1.165, 1.54) is 15.1 Å². The van der Waals surface area contributed by atoms with E-state index in [0.29, 0.717) is 16.8 Å². The van der Waals surface area contributed by atoms with Crippen LogP contribution < -0.4 is 11.4 Å². The minimum atomic E-state index is -0.468. The van der Waals surface area contributed by atoms with Gasteiger partial charge in [0.15, 0.2) is 5.65 Å².